The summed E-state index contributed by atoms with van der Waals surface area (Å²) in [4.78, 5) is 1.67. The molecule has 0 unspecified atom stereocenters. The van der Waals surface area contributed by atoms with Crippen LogP contribution in [-0.4, -0.2) is 18.2 Å². The lowest BCUT2D eigenvalue weighted by Gasteiger charge is -2.16. The molecule has 132 valence electrons. The zero-order valence-corrected chi connectivity index (χ0v) is 15.2. The predicted molar refractivity (Wildman–Crippen MR) is 103 cm³/mol. The van der Waals surface area contributed by atoms with E-state index in [0.29, 0.717) is 11.7 Å². The van der Waals surface area contributed by atoms with Crippen molar-refractivity contribution < 1.29 is 9.29 Å². The Morgan fingerprint density at radius 3 is 2.28 bits per heavy atom. The number of hydrogen-bond acceptors (Lipinski definition) is 1. The fraction of sp³-hybridized carbons (Fsp3) is 0.350. The van der Waals surface area contributed by atoms with Crippen LogP contribution in [0.4, 0.5) is 4.39 Å². The molecule has 3 rings (SSSR count). The van der Waals surface area contributed by atoms with Gasteiger partial charge in [-0.25, -0.2) is 4.39 Å². The molecule has 25 heavy (non-hydrogen) atoms. The molecule has 0 radical (unpaired) electrons. The molecule has 0 aliphatic carbocycles. The van der Waals surface area contributed by atoms with Crippen LogP contribution in [0.15, 0.2) is 48.5 Å². The molecule has 0 atom stereocenters. The quantitative estimate of drug-likeness (QED) is 0.691. The number of rotatable bonds is 6. The predicted octanol–water partition coefficient (Wildman–Crippen LogP) is 2.17. The van der Waals surface area contributed by atoms with Crippen molar-refractivity contribution in [2.75, 3.05) is 13.1 Å². The van der Waals surface area contributed by atoms with Crippen molar-refractivity contribution in [1.82, 2.24) is 10.6 Å². The van der Waals surface area contributed by atoms with E-state index in [1.807, 2.05) is 0 Å². The van der Waals surface area contributed by atoms with Gasteiger partial charge in [-0.2, -0.15) is 0 Å². The summed E-state index contributed by atoms with van der Waals surface area (Å²) in [5.74, 6) is -0.221. The van der Waals surface area contributed by atoms with Gasteiger partial charge in [-0.05, 0) is 35.5 Å². The summed E-state index contributed by atoms with van der Waals surface area (Å²) in [5, 5.41) is 7.07. The average Bonchev–Trinajstić information content (AvgIpc) is 3.13. The van der Waals surface area contributed by atoms with Crippen molar-refractivity contribution in [1.29, 1.82) is 0 Å². The van der Waals surface area contributed by atoms with Crippen LogP contribution in [-0.2, 0) is 19.6 Å². The smallest absolute Gasteiger partial charge is 0.166 e. The maximum atomic E-state index is 12.9. The number of hydrogen-bond donors (Lipinski definition) is 3. The fourth-order valence-corrected chi connectivity index (χ4v) is 3.39. The van der Waals surface area contributed by atoms with E-state index in [4.69, 9.17) is 12.2 Å². The Balaban J connectivity index is 1.49. The third-order valence-electron chi connectivity index (χ3n) is 4.68. The third kappa shape index (κ3) is 5.51. The van der Waals surface area contributed by atoms with Crippen LogP contribution in [0.3, 0.4) is 0 Å². The van der Waals surface area contributed by atoms with Crippen LogP contribution >= 0.6 is 12.2 Å². The summed E-state index contributed by atoms with van der Waals surface area (Å²) in [7, 11) is 0. The van der Waals surface area contributed by atoms with Crippen LogP contribution in [0.2, 0.25) is 0 Å². The Morgan fingerprint density at radius 2 is 1.56 bits per heavy atom. The van der Waals surface area contributed by atoms with E-state index < -0.39 is 0 Å². The van der Waals surface area contributed by atoms with Gasteiger partial charge in [0.2, 0.25) is 0 Å². The van der Waals surface area contributed by atoms with E-state index >= 15 is 0 Å². The lowest BCUT2D eigenvalue weighted by molar-refractivity contribution is -0.901. The van der Waals surface area contributed by atoms with Gasteiger partial charge < -0.3 is 15.5 Å². The van der Waals surface area contributed by atoms with Crippen LogP contribution in [0.5, 0.6) is 0 Å². The van der Waals surface area contributed by atoms with Gasteiger partial charge >= 0.3 is 0 Å². The van der Waals surface area contributed by atoms with E-state index in [9.17, 15) is 4.39 Å². The highest BCUT2D eigenvalue weighted by atomic mass is 32.1. The second-order valence-corrected chi connectivity index (χ2v) is 6.97. The molecule has 0 aromatic heterocycles. The van der Waals surface area contributed by atoms with Gasteiger partial charge in [0.05, 0.1) is 13.1 Å². The van der Waals surface area contributed by atoms with E-state index in [2.05, 4.69) is 34.9 Å². The minimum atomic E-state index is -0.221. The topological polar surface area (TPSA) is 28.5 Å². The summed E-state index contributed by atoms with van der Waals surface area (Å²) in [5.41, 5.74) is 3.70. The molecular weight excluding hydrogens is 333 g/mol. The largest absolute Gasteiger partial charge is 0.359 e. The molecule has 1 heterocycles. The van der Waals surface area contributed by atoms with E-state index in [-0.39, 0.29) is 5.82 Å². The van der Waals surface area contributed by atoms with Crippen LogP contribution in [0, 0.1) is 5.82 Å². The third-order valence-corrected chi connectivity index (χ3v) is 4.96. The lowest BCUT2D eigenvalue weighted by atomic mass is 10.1. The Labute approximate surface area is 154 Å². The number of thiocarbonyl (C=S) groups is 1. The molecule has 3 N–H and O–H groups in total. The van der Waals surface area contributed by atoms with Gasteiger partial charge in [0.25, 0.3) is 0 Å². The van der Waals surface area contributed by atoms with Crippen molar-refractivity contribution >= 4 is 17.3 Å². The molecule has 1 saturated heterocycles. The fourth-order valence-electron chi connectivity index (χ4n) is 3.25. The second-order valence-electron chi connectivity index (χ2n) is 6.57. The van der Waals surface area contributed by atoms with Crippen molar-refractivity contribution in [2.45, 2.75) is 32.5 Å². The minimum absolute atomic E-state index is 0.221. The highest BCUT2D eigenvalue weighted by Crippen LogP contribution is 2.08. The van der Waals surface area contributed by atoms with Crippen molar-refractivity contribution in [3.8, 4) is 0 Å². The van der Waals surface area contributed by atoms with Gasteiger partial charge in [-0.15, -0.1) is 0 Å². The highest BCUT2D eigenvalue weighted by molar-refractivity contribution is 7.80. The second kappa shape index (κ2) is 8.92. The molecule has 0 saturated carbocycles. The van der Waals surface area contributed by atoms with Crippen LogP contribution < -0.4 is 15.5 Å². The van der Waals surface area contributed by atoms with Gasteiger partial charge in [-0.3, -0.25) is 0 Å². The van der Waals surface area contributed by atoms with Gasteiger partial charge in [-0.1, -0.05) is 36.4 Å². The zero-order chi connectivity index (χ0) is 17.5. The van der Waals surface area contributed by atoms with Crippen LogP contribution in [0.25, 0.3) is 0 Å². The first-order valence-corrected chi connectivity index (χ1v) is 9.28. The monoisotopic (exact) mass is 358 g/mol. The van der Waals surface area contributed by atoms with Crippen LogP contribution in [0.1, 0.15) is 29.5 Å². The molecule has 0 spiro atoms. The van der Waals surface area contributed by atoms with Crippen molar-refractivity contribution in [3.63, 3.8) is 0 Å². The summed E-state index contributed by atoms with van der Waals surface area (Å²) in [6, 6.07) is 15.0. The van der Waals surface area contributed by atoms with Gasteiger partial charge in [0.15, 0.2) is 5.11 Å². The molecule has 1 aliphatic heterocycles. The number of nitrogens with one attached hydrogen (secondary N) is 3. The minimum Gasteiger partial charge on any atom is -0.359 e. The molecule has 0 bridgehead atoms. The zero-order valence-electron chi connectivity index (χ0n) is 14.4. The molecule has 5 heteroatoms. The Bertz CT molecular complexity index is 696. The number of benzene rings is 2. The molecule has 2 aromatic carbocycles. The summed E-state index contributed by atoms with van der Waals surface area (Å²) in [6.45, 7) is 4.96. The Hall–Kier alpha value is -1.98. The molecular formula is C20H25FN3S+. The standard InChI is InChI=1S/C20H24FN3S/c21-19-9-7-16(8-10-19)13-22-20(25)23-14-17-5-1-2-6-18(17)15-24-11-3-4-12-24/h1-2,5-10H,3-4,11-15H2,(H2,22,23,25)/p+1. The first kappa shape index (κ1) is 17.8. The molecule has 2 aromatic rings. The Kier molecular flexibility index (Phi) is 6.36. The van der Waals surface area contributed by atoms with Gasteiger partial charge in [0.1, 0.15) is 12.4 Å². The molecule has 3 nitrogen and oxygen atoms in total. The van der Waals surface area contributed by atoms with Gasteiger partial charge in [0, 0.05) is 31.5 Å². The maximum absolute atomic E-state index is 12.9. The first-order valence-electron chi connectivity index (χ1n) is 8.87. The summed E-state index contributed by atoms with van der Waals surface area (Å²) < 4.78 is 12.9. The highest BCUT2D eigenvalue weighted by Gasteiger charge is 2.16. The average molecular weight is 359 g/mol. The normalized spacial score (nSPS) is 14.4. The SMILES string of the molecule is Fc1ccc(CNC(=S)NCc2ccccc2C[NH+]2CCCC2)cc1. The first-order chi connectivity index (χ1) is 12.2. The molecule has 1 fully saturated rings. The Morgan fingerprint density at radius 1 is 0.920 bits per heavy atom. The maximum Gasteiger partial charge on any atom is 0.166 e. The van der Waals surface area contributed by atoms with E-state index in [1.165, 1.54) is 49.2 Å². The van der Waals surface area contributed by atoms with E-state index in [0.717, 1.165) is 18.7 Å². The number of quaternary nitrogens is 1. The summed E-state index contributed by atoms with van der Waals surface area (Å²) in [6.07, 6.45) is 2.68. The molecule has 1 aliphatic rings. The van der Waals surface area contributed by atoms with E-state index in [1.54, 1.807) is 17.0 Å². The van der Waals surface area contributed by atoms with Crippen molar-refractivity contribution in [3.05, 3.63) is 71.0 Å². The lowest BCUT2D eigenvalue weighted by Crippen LogP contribution is -3.08. The van der Waals surface area contributed by atoms with Crippen molar-refractivity contribution in [2.24, 2.45) is 0 Å². The molecule has 0 amide bonds. The summed E-state index contributed by atoms with van der Waals surface area (Å²) >= 11 is 5.36. The number of likely N-dealkylation sites (tertiary alicyclic amines) is 1. The number of halogens is 1.